The molecule has 0 aliphatic carbocycles. The molecule has 0 unspecified atom stereocenters. The monoisotopic (exact) mass is 293 g/mol. The number of hydrogen-bond acceptors (Lipinski definition) is 6. The second-order valence-electron chi connectivity index (χ2n) is 5.39. The summed E-state index contributed by atoms with van der Waals surface area (Å²) in [6.07, 6.45) is 3.93. The number of nitrogens with zero attached hydrogens (tertiary/aromatic N) is 4. The molecule has 0 bridgehead atoms. The van der Waals surface area contributed by atoms with E-state index in [-0.39, 0.29) is 0 Å². The molecule has 2 heterocycles. The fourth-order valence-corrected chi connectivity index (χ4v) is 2.89. The summed E-state index contributed by atoms with van der Waals surface area (Å²) in [4.78, 5) is 13.4. The van der Waals surface area contributed by atoms with Gasteiger partial charge in [-0.2, -0.15) is 0 Å². The summed E-state index contributed by atoms with van der Waals surface area (Å²) in [5, 5.41) is 3.23. The first-order valence-corrected chi connectivity index (χ1v) is 7.79. The van der Waals surface area contributed by atoms with Gasteiger partial charge in [-0.1, -0.05) is 6.92 Å². The predicted molar refractivity (Wildman–Crippen MR) is 86.3 cm³/mol. The summed E-state index contributed by atoms with van der Waals surface area (Å²) in [7, 11) is 3.78. The van der Waals surface area contributed by atoms with Crippen molar-refractivity contribution in [3.05, 3.63) is 6.33 Å². The van der Waals surface area contributed by atoms with Crippen LogP contribution in [0, 0.1) is 0 Å². The predicted octanol–water partition coefficient (Wildman–Crippen LogP) is 1.84. The number of hydrogen-bond donors (Lipinski definition) is 1. The molecule has 0 amide bonds. The van der Waals surface area contributed by atoms with Crippen LogP contribution in [0.25, 0.3) is 0 Å². The Bertz CT molecular complexity index is 446. The largest absolute Gasteiger partial charge is 0.490 e. The maximum Gasteiger partial charge on any atom is 0.204 e. The van der Waals surface area contributed by atoms with Crippen molar-refractivity contribution < 1.29 is 4.74 Å². The van der Waals surface area contributed by atoms with Gasteiger partial charge in [-0.05, 0) is 26.3 Å². The molecule has 0 aromatic carbocycles. The Morgan fingerprint density at radius 1 is 1.33 bits per heavy atom. The molecule has 6 heteroatoms. The van der Waals surface area contributed by atoms with E-state index in [1.807, 2.05) is 6.92 Å². The molecule has 21 heavy (non-hydrogen) atoms. The molecule has 1 aromatic rings. The maximum atomic E-state index is 5.54. The highest BCUT2D eigenvalue weighted by molar-refractivity contribution is 5.64. The standard InChI is InChI=1S/C15H27N5O/c1-5-16-14-13(21-4)15(18-11-17-14)19(3)12-7-9-20(6-2)10-8-12/h11-12H,5-10H2,1-4H3,(H,16,17,18). The molecule has 1 aliphatic heterocycles. The average Bonchev–Trinajstić information content (AvgIpc) is 2.54. The quantitative estimate of drug-likeness (QED) is 0.864. The zero-order valence-corrected chi connectivity index (χ0v) is 13.6. The van der Waals surface area contributed by atoms with E-state index in [1.54, 1.807) is 13.4 Å². The molecule has 1 saturated heterocycles. The van der Waals surface area contributed by atoms with Crippen LogP contribution in [-0.4, -0.2) is 61.2 Å². The zero-order chi connectivity index (χ0) is 15.2. The van der Waals surface area contributed by atoms with Gasteiger partial charge in [0.1, 0.15) is 6.33 Å². The van der Waals surface area contributed by atoms with Gasteiger partial charge in [0, 0.05) is 32.7 Å². The van der Waals surface area contributed by atoms with Gasteiger partial charge in [0.05, 0.1) is 7.11 Å². The van der Waals surface area contributed by atoms with E-state index in [0.717, 1.165) is 56.4 Å². The number of piperidine rings is 1. The maximum absolute atomic E-state index is 5.54. The lowest BCUT2D eigenvalue weighted by atomic mass is 10.0. The van der Waals surface area contributed by atoms with E-state index in [9.17, 15) is 0 Å². The number of methoxy groups -OCH3 is 1. The van der Waals surface area contributed by atoms with Crippen molar-refractivity contribution >= 4 is 11.6 Å². The average molecular weight is 293 g/mol. The third-order valence-electron chi connectivity index (χ3n) is 4.22. The van der Waals surface area contributed by atoms with E-state index >= 15 is 0 Å². The minimum Gasteiger partial charge on any atom is -0.490 e. The molecule has 2 rings (SSSR count). The molecule has 6 nitrogen and oxygen atoms in total. The number of likely N-dealkylation sites (tertiary alicyclic amines) is 1. The fraction of sp³-hybridized carbons (Fsp3) is 0.733. The Labute approximate surface area is 127 Å². The van der Waals surface area contributed by atoms with Crippen LogP contribution >= 0.6 is 0 Å². The smallest absolute Gasteiger partial charge is 0.204 e. The molecule has 0 saturated carbocycles. The lowest BCUT2D eigenvalue weighted by Gasteiger charge is -2.37. The first-order valence-electron chi connectivity index (χ1n) is 7.79. The molecule has 1 aromatic heterocycles. The number of rotatable bonds is 6. The van der Waals surface area contributed by atoms with Crippen LogP contribution in [0.3, 0.4) is 0 Å². The SMILES string of the molecule is CCNc1ncnc(N(C)C2CCN(CC)CC2)c1OC. The van der Waals surface area contributed by atoms with Gasteiger partial charge < -0.3 is 19.9 Å². The Hall–Kier alpha value is -1.56. The number of nitrogens with one attached hydrogen (secondary N) is 1. The second kappa shape index (κ2) is 7.45. The molecule has 1 fully saturated rings. The van der Waals surface area contributed by atoms with Crippen molar-refractivity contribution in [2.75, 3.05) is 50.6 Å². The van der Waals surface area contributed by atoms with Crippen LogP contribution in [0.2, 0.25) is 0 Å². The number of anilines is 2. The van der Waals surface area contributed by atoms with Crippen LogP contribution < -0.4 is 15.0 Å². The van der Waals surface area contributed by atoms with Crippen molar-refractivity contribution in [1.29, 1.82) is 0 Å². The third-order valence-corrected chi connectivity index (χ3v) is 4.22. The summed E-state index contributed by atoms with van der Waals surface area (Å²) in [6.45, 7) is 8.52. The highest BCUT2D eigenvalue weighted by Crippen LogP contribution is 2.33. The van der Waals surface area contributed by atoms with Gasteiger partial charge in [0.2, 0.25) is 5.75 Å². The van der Waals surface area contributed by atoms with Gasteiger partial charge in [-0.25, -0.2) is 9.97 Å². The van der Waals surface area contributed by atoms with Crippen molar-refractivity contribution in [3.63, 3.8) is 0 Å². The summed E-state index contributed by atoms with van der Waals surface area (Å²) in [5.41, 5.74) is 0. The topological polar surface area (TPSA) is 53.5 Å². The minimum absolute atomic E-state index is 0.506. The molecular formula is C15H27N5O. The van der Waals surface area contributed by atoms with E-state index in [4.69, 9.17) is 4.74 Å². The van der Waals surface area contributed by atoms with Crippen LogP contribution in [0.5, 0.6) is 5.75 Å². The van der Waals surface area contributed by atoms with Crippen LogP contribution in [-0.2, 0) is 0 Å². The van der Waals surface area contributed by atoms with Gasteiger partial charge in [-0.15, -0.1) is 0 Å². The van der Waals surface area contributed by atoms with Gasteiger partial charge in [0.25, 0.3) is 0 Å². The molecular weight excluding hydrogens is 266 g/mol. The highest BCUT2D eigenvalue weighted by Gasteiger charge is 2.25. The van der Waals surface area contributed by atoms with Crippen molar-refractivity contribution in [2.24, 2.45) is 0 Å². The van der Waals surface area contributed by atoms with Gasteiger partial charge >= 0.3 is 0 Å². The van der Waals surface area contributed by atoms with E-state index in [0.29, 0.717) is 6.04 Å². The lowest BCUT2D eigenvalue weighted by Crippen LogP contribution is -2.43. The van der Waals surface area contributed by atoms with Crippen molar-refractivity contribution in [1.82, 2.24) is 14.9 Å². The normalized spacial score (nSPS) is 16.8. The number of ether oxygens (including phenoxy) is 1. The third kappa shape index (κ3) is 3.56. The van der Waals surface area contributed by atoms with Crippen LogP contribution in [0.4, 0.5) is 11.6 Å². The van der Waals surface area contributed by atoms with Crippen molar-refractivity contribution in [3.8, 4) is 5.75 Å². The molecule has 1 aliphatic rings. The zero-order valence-electron chi connectivity index (χ0n) is 13.6. The minimum atomic E-state index is 0.506. The highest BCUT2D eigenvalue weighted by atomic mass is 16.5. The fourth-order valence-electron chi connectivity index (χ4n) is 2.89. The molecule has 1 N–H and O–H groups in total. The van der Waals surface area contributed by atoms with E-state index < -0.39 is 0 Å². The summed E-state index contributed by atoms with van der Waals surface area (Å²) < 4.78 is 5.54. The summed E-state index contributed by atoms with van der Waals surface area (Å²) in [6, 6.07) is 0.506. The lowest BCUT2D eigenvalue weighted by molar-refractivity contribution is 0.220. The van der Waals surface area contributed by atoms with Crippen LogP contribution in [0.1, 0.15) is 26.7 Å². The molecule has 0 spiro atoms. The van der Waals surface area contributed by atoms with Crippen LogP contribution in [0.15, 0.2) is 6.33 Å². The Morgan fingerprint density at radius 3 is 2.62 bits per heavy atom. The van der Waals surface area contributed by atoms with Crippen molar-refractivity contribution in [2.45, 2.75) is 32.7 Å². The van der Waals surface area contributed by atoms with Gasteiger partial charge in [-0.3, -0.25) is 0 Å². The molecule has 0 radical (unpaired) electrons. The first kappa shape index (κ1) is 15.8. The second-order valence-corrected chi connectivity index (χ2v) is 5.39. The summed E-state index contributed by atoms with van der Waals surface area (Å²) in [5.74, 6) is 2.38. The Kier molecular flexibility index (Phi) is 5.61. The van der Waals surface area contributed by atoms with E-state index in [2.05, 4.69) is 39.1 Å². The van der Waals surface area contributed by atoms with E-state index in [1.165, 1.54) is 0 Å². The molecule has 0 atom stereocenters. The number of aromatic nitrogens is 2. The Morgan fingerprint density at radius 2 is 2.05 bits per heavy atom. The molecule has 118 valence electrons. The Balaban J connectivity index is 2.15. The summed E-state index contributed by atoms with van der Waals surface area (Å²) >= 11 is 0. The first-order chi connectivity index (χ1) is 10.2. The van der Waals surface area contributed by atoms with Gasteiger partial charge in [0.15, 0.2) is 11.6 Å².